The molecule has 11 heteroatoms. The number of nitrogens with one attached hydrogen (secondary N) is 1. The summed E-state index contributed by atoms with van der Waals surface area (Å²) in [5.41, 5.74) is 0.746. The largest absolute Gasteiger partial charge is 0.352 e. The molecule has 0 radical (unpaired) electrons. The van der Waals surface area contributed by atoms with E-state index in [4.69, 9.17) is 11.6 Å². The first-order chi connectivity index (χ1) is 17.0. The standard InChI is InChI=1S/C25H32ClFN4O4S/c1-18(25(33)28-21-9-5-6-10-21)30(16-19-8-4-7-11-23(19)26)24(32)17-31(36(34,35)29(2)3)22-14-12-20(27)13-15-22/h4,7-8,11-15,18,21H,5-6,9-10,16-17H2,1-3H3,(H,28,33)/t18-/m1/s1. The van der Waals surface area contributed by atoms with E-state index in [1.807, 2.05) is 0 Å². The second kappa shape index (κ2) is 12.0. The quantitative estimate of drug-likeness (QED) is 0.501. The van der Waals surface area contributed by atoms with Gasteiger partial charge in [0.05, 0.1) is 5.69 Å². The van der Waals surface area contributed by atoms with Crippen molar-refractivity contribution in [3.05, 3.63) is 64.9 Å². The van der Waals surface area contributed by atoms with Crippen LogP contribution < -0.4 is 9.62 Å². The Morgan fingerprint density at radius 1 is 1.08 bits per heavy atom. The smallest absolute Gasteiger partial charge is 0.304 e. The summed E-state index contributed by atoms with van der Waals surface area (Å²) < 4.78 is 41.6. The number of nitrogens with zero attached hydrogens (tertiary/aromatic N) is 3. The van der Waals surface area contributed by atoms with Crippen LogP contribution in [-0.4, -0.2) is 62.2 Å². The van der Waals surface area contributed by atoms with Gasteiger partial charge < -0.3 is 10.2 Å². The lowest BCUT2D eigenvalue weighted by Crippen LogP contribution is -2.53. The van der Waals surface area contributed by atoms with Crippen LogP contribution in [0, 0.1) is 5.82 Å². The molecule has 1 fully saturated rings. The number of benzene rings is 2. The molecular weight excluding hydrogens is 507 g/mol. The molecule has 0 bridgehead atoms. The highest BCUT2D eigenvalue weighted by molar-refractivity contribution is 7.90. The molecule has 0 spiro atoms. The van der Waals surface area contributed by atoms with E-state index in [0.29, 0.717) is 10.6 Å². The first kappa shape index (κ1) is 27.9. The minimum atomic E-state index is -4.11. The zero-order valence-corrected chi connectivity index (χ0v) is 22.2. The van der Waals surface area contributed by atoms with Crippen molar-refractivity contribution in [2.24, 2.45) is 0 Å². The van der Waals surface area contributed by atoms with Gasteiger partial charge in [0.1, 0.15) is 18.4 Å². The summed E-state index contributed by atoms with van der Waals surface area (Å²) >= 11 is 6.34. The normalized spacial score (nSPS) is 15.1. The van der Waals surface area contributed by atoms with Crippen molar-refractivity contribution in [1.29, 1.82) is 0 Å². The van der Waals surface area contributed by atoms with Gasteiger partial charge in [0, 0.05) is 31.7 Å². The highest BCUT2D eigenvalue weighted by Crippen LogP contribution is 2.23. The van der Waals surface area contributed by atoms with E-state index in [2.05, 4.69) is 5.32 Å². The fraction of sp³-hybridized carbons (Fsp3) is 0.440. The van der Waals surface area contributed by atoms with Gasteiger partial charge in [-0.2, -0.15) is 12.7 Å². The first-order valence-corrected chi connectivity index (χ1v) is 13.6. The highest BCUT2D eigenvalue weighted by Gasteiger charge is 2.33. The van der Waals surface area contributed by atoms with Gasteiger partial charge in [-0.25, -0.2) is 8.70 Å². The SMILES string of the molecule is C[C@H](C(=O)NC1CCCC1)N(Cc1ccccc1Cl)C(=O)CN(c1ccc(F)cc1)S(=O)(=O)N(C)C. The van der Waals surface area contributed by atoms with Crippen molar-refractivity contribution in [2.75, 3.05) is 24.9 Å². The monoisotopic (exact) mass is 538 g/mol. The van der Waals surface area contributed by atoms with E-state index in [1.165, 1.54) is 31.1 Å². The summed E-state index contributed by atoms with van der Waals surface area (Å²) in [6, 6.07) is 11.0. The van der Waals surface area contributed by atoms with E-state index < -0.39 is 34.5 Å². The van der Waals surface area contributed by atoms with Crippen molar-refractivity contribution in [3.8, 4) is 0 Å². The third kappa shape index (κ3) is 6.74. The zero-order valence-electron chi connectivity index (χ0n) is 20.7. The average Bonchev–Trinajstić information content (AvgIpc) is 3.35. The molecule has 1 atom stereocenters. The van der Waals surface area contributed by atoms with Gasteiger partial charge in [0.15, 0.2) is 0 Å². The van der Waals surface area contributed by atoms with Gasteiger partial charge in [0.2, 0.25) is 11.8 Å². The number of hydrogen-bond donors (Lipinski definition) is 1. The van der Waals surface area contributed by atoms with Gasteiger partial charge in [-0.05, 0) is 55.7 Å². The summed E-state index contributed by atoms with van der Waals surface area (Å²) in [6.07, 6.45) is 3.85. The van der Waals surface area contributed by atoms with Crippen molar-refractivity contribution in [3.63, 3.8) is 0 Å². The molecule has 0 heterocycles. The van der Waals surface area contributed by atoms with Crippen LogP contribution >= 0.6 is 11.6 Å². The third-order valence-corrected chi connectivity index (χ3v) is 8.49. The van der Waals surface area contributed by atoms with Crippen LogP contribution in [0.4, 0.5) is 10.1 Å². The Bertz CT molecular complexity index is 1170. The lowest BCUT2D eigenvalue weighted by Gasteiger charge is -2.33. The number of carbonyl (C=O) groups is 2. The number of amides is 2. The van der Waals surface area contributed by atoms with Crippen LogP contribution in [0.15, 0.2) is 48.5 Å². The predicted molar refractivity (Wildman–Crippen MR) is 138 cm³/mol. The predicted octanol–water partition coefficient (Wildman–Crippen LogP) is 3.57. The number of halogens is 2. The molecule has 8 nitrogen and oxygen atoms in total. The van der Waals surface area contributed by atoms with E-state index in [-0.39, 0.29) is 24.2 Å². The van der Waals surface area contributed by atoms with E-state index in [0.717, 1.165) is 46.4 Å². The average molecular weight is 539 g/mol. The maximum Gasteiger partial charge on any atom is 0.304 e. The molecule has 0 saturated heterocycles. The van der Waals surface area contributed by atoms with E-state index in [1.54, 1.807) is 31.2 Å². The Kier molecular flexibility index (Phi) is 9.32. The minimum absolute atomic E-state index is 0.0109. The van der Waals surface area contributed by atoms with Gasteiger partial charge in [-0.3, -0.25) is 9.59 Å². The molecule has 196 valence electrons. The summed E-state index contributed by atoms with van der Waals surface area (Å²) in [6.45, 7) is 1.04. The second-order valence-electron chi connectivity index (χ2n) is 9.05. The molecule has 0 aliphatic heterocycles. The number of carbonyl (C=O) groups excluding carboxylic acids is 2. The second-order valence-corrected chi connectivity index (χ2v) is 11.5. The molecule has 2 aromatic rings. The van der Waals surface area contributed by atoms with Gasteiger partial charge >= 0.3 is 10.2 Å². The summed E-state index contributed by atoms with van der Waals surface area (Å²) in [4.78, 5) is 28.1. The lowest BCUT2D eigenvalue weighted by molar-refractivity contribution is -0.139. The molecule has 0 unspecified atom stereocenters. The van der Waals surface area contributed by atoms with Crippen LogP contribution in [0.1, 0.15) is 38.2 Å². The van der Waals surface area contributed by atoms with E-state index in [9.17, 15) is 22.4 Å². The summed E-state index contributed by atoms with van der Waals surface area (Å²) in [5, 5.41) is 3.43. The van der Waals surface area contributed by atoms with Crippen LogP contribution in [0.25, 0.3) is 0 Å². The third-order valence-electron chi connectivity index (χ3n) is 6.30. The zero-order chi connectivity index (χ0) is 26.5. The van der Waals surface area contributed by atoms with Crippen LogP contribution in [-0.2, 0) is 26.3 Å². The fourth-order valence-electron chi connectivity index (χ4n) is 4.11. The lowest BCUT2D eigenvalue weighted by atomic mass is 10.1. The molecule has 2 amide bonds. The maximum atomic E-state index is 13.7. The van der Waals surface area contributed by atoms with Gasteiger partial charge in [0.25, 0.3) is 0 Å². The molecule has 1 N–H and O–H groups in total. The molecule has 1 saturated carbocycles. The molecule has 1 aliphatic rings. The van der Waals surface area contributed by atoms with E-state index >= 15 is 0 Å². The molecule has 3 rings (SSSR count). The maximum absolute atomic E-state index is 13.7. The topological polar surface area (TPSA) is 90.0 Å². The Balaban J connectivity index is 1.93. The van der Waals surface area contributed by atoms with Crippen molar-refractivity contribution in [1.82, 2.24) is 14.5 Å². The molecule has 1 aliphatic carbocycles. The Morgan fingerprint density at radius 2 is 1.69 bits per heavy atom. The van der Waals surface area contributed by atoms with Gasteiger partial charge in [-0.1, -0.05) is 42.6 Å². The number of rotatable bonds is 10. The number of anilines is 1. The molecule has 0 aromatic heterocycles. The van der Waals surface area contributed by atoms with Gasteiger partial charge in [-0.15, -0.1) is 0 Å². The number of hydrogen-bond acceptors (Lipinski definition) is 4. The minimum Gasteiger partial charge on any atom is -0.352 e. The molecule has 36 heavy (non-hydrogen) atoms. The van der Waals surface area contributed by atoms with Crippen molar-refractivity contribution in [2.45, 2.75) is 51.2 Å². The Labute approximate surface area is 217 Å². The van der Waals surface area contributed by atoms with Crippen LogP contribution in [0.2, 0.25) is 5.02 Å². The summed E-state index contributed by atoms with van der Waals surface area (Å²) in [7, 11) is -1.42. The Hall–Kier alpha value is -2.69. The first-order valence-electron chi connectivity index (χ1n) is 11.8. The fourth-order valence-corrected chi connectivity index (χ4v) is 5.36. The molecule has 2 aromatic carbocycles. The van der Waals surface area contributed by atoms with Crippen LogP contribution in [0.3, 0.4) is 0 Å². The van der Waals surface area contributed by atoms with Crippen LogP contribution in [0.5, 0.6) is 0 Å². The van der Waals surface area contributed by atoms with Crippen molar-refractivity contribution >= 4 is 39.3 Å². The highest BCUT2D eigenvalue weighted by atomic mass is 35.5. The van der Waals surface area contributed by atoms with Crippen molar-refractivity contribution < 1.29 is 22.4 Å². The molecular formula is C25H32ClFN4O4S. The Morgan fingerprint density at radius 3 is 2.28 bits per heavy atom. The summed E-state index contributed by atoms with van der Waals surface area (Å²) in [5.74, 6) is -1.45.